The first kappa shape index (κ1) is 16.5. The van der Waals surface area contributed by atoms with Crippen LogP contribution in [0, 0.1) is 13.8 Å². The van der Waals surface area contributed by atoms with Gasteiger partial charge in [-0.25, -0.2) is 0 Å². The number of hydrogen-bond donors (Lipinski definition) is 1. The third-order valence-electron chi connectivity index (χ3n) is 4.67. The Balaban J connectivity index is 2.06. The van der Waals surface area contributed by atoms with Gasteiger partial charge in [0.05, 0.1) is 0 Å². The number of benzene rings is 1. The van der Waals surface area contributed by atoms with Crippen LogP contribution in [0.4, 0.5) is 0 Å². The van der Waals surface area contributed by atoms with Gasteiger partial charge in [-0.05, 0) is 58.6 Å². The first-order valence-electron chi connectivity index (χ1n) is 8.20. The molecule has 2 atom stereocenters. The van der Waals surface area contributed by atoms with E-state index in [0.29, 0.717) is 12.1 Å². The van der Waals surface area contributed by atoms with E-state index in [4.69, 9.17) is 0 Å². The van der Waals surface area contributed by atoms with Crippen molar-refractivity contribution in [3.05, 3.63) is 34.9 Å². The zero-order valence-corrected chi connectivity index (χ0v) is 14.3. The zero-order chi connectivity index (χ0) is 15.4. The van der Waals surface area contributed by atoms with Crippen LogP contribution in [0.1, 0.15) is 36.1 Å². The molecular weight excluding hydrogens is 258 g/mol. The molecular formula is C18H31N3. The lowest BCUT2D eigenvalue weighted by atomic mass is 9.98. The summed E-state index contributed by atoms with van der Waals surface area (Å²) in [6.07, 6.45) is 1.29. The SMILES string of the molecule is CCNC(CN1CCC(N(C)C)C1)c1ccc(C)cc1C. The van der Waals surface area contributed by atoms with Crippen LogP contribution in [0.3, 0.4) is 0 Å². The van der Waals surface area contributed by atoms with Crippen LogP contribution < -0.4 is 5.32 Å². The van der Waals surface area contributed by atoms with Gasteiger partial charge in [0, 0.05) is 25.2 Å². The minimum atomic E-state index is 0.441. The summed E-state index contributed by atoms with van der Waals surface area (Å²) < 4.78 is 0. The van der Waals surface area contributed by atoms with Gasteiger partial charge >= 0.3 is 0 Å². The predicted octanol–water partition coefficient (Wildman–Crippen LogP) is 2.59. The number of rotatable bonds is 6. The van der Waals surface area contributed by atoms with Gasteiger partial charge in [0.2, 0.25) is 0 Å². The Labute approximate surface area is 130 Å². The first-order chi connectivity index (χ1) is 10.0. The Bertz CT molecular complexity index is 456. The van der Waals surface area contributed by atoms with Gasteiger partial charge in [-0.2, -0.15) is 0 Å². The summed E-state index contributed by atoms with van der Waals surface area (Å²) >= 11 is 0. The fraction of sp³-hybridized carbons (Fsp3) is 0.667. The minimum Gasteiger partial charge on any atom is -0.309 e. The van der Waals surface area contributed by atoms with Crippen LogP contribution in [0.15, 0.2) is 18.2 Å². The van der Waals surface area contributed by atoms with Crippen LogP contribution in [-0.4, -0.2) is 56.1 Å². The van der Waals surface area contributed by atoms with Gasteiger partial charge in [-0.3, -0.25) is 4.90 Å². The van der Waals surface area contributed by atoms with Gasteiger partial charge in [0.25, 0.3) is 0 Å². The largest absolute Gasteiger partial charge is 0.309 e. The van der Waals surface area contributed by atoms with Gasteiger partial charge in [-0.1, -0.05) is 30.7 Å². The molecule has 2 rings (SSSR count). The molecule has 1 aliphatic heterocycles. The molecule has 1 saturated heterocycles. The number of nitrogens with one attached hydrogen (secondary N) is 1. The number of likely N-dealkylation sites (N-methyl/N-ethyl adjacent to an activating group) is 2. The van der Waals surface area contributed by atoms with Crippen LogP contribution in [0.25, 0.3) is 0 Å². The fourth-order valence-electron chi connectivity index (χ4n) is 3.39. The van der Waals surface area contributed by atoms with E-state index >= 15 is 0 Å². The molecule has 0 aliphatic carbocycles. The van der Waals surface area contributed by atoms with Crippen LogP contribution in [-0.2, 0) is 0 Å². The average Bonchev–Trinajstić information content (AvgIpc) is 2.87. The average molecular weight is 289 g/mol. The second-order valence-corrected chi connectivity index (χ2v) is 6.64. The van der Waals surface area contributed by atoms with Crippen molar-refractivity contribution in [3.63, 3.8) is 0 Å². The Hall–Kier alpha value is -0.900. The topological polar surface area (TPSA) is 18.5 Å². The minimum absolute atomic E-state index is 0.441. The van der Waals surface area contributed by atoms with E-state index in [1.165, 1.54) is 36.2 Å². The molecule has 0 spiro atoms. The summed E-state index contributed by atoms with van der Waals surface area (Å²) in [5.74, 6) is 0. The van der Waals surface area contributed by atoms with E-state index in [9.17, 15) is 0 Å². The van der Waals surface area contributed by atoms with Crippen LogP contribution in [0.2, 0.25) is 0 Å². The molecule has 118 valence electrons. The maximum atomic E-state index is 3.67. The highest BCUT2D eigenvalue weighted by Gasteiger charge is 2.26. The Kier molecular flexibility index (Phi) is 5.80. The van der Waals surface area contributed by atoms with E-state index in [1.807, 2.05) is 0 Å². The van der Waals surface area contributed by atoms with E-state index in [1.54, 1.807) is 0 Å². The lowest BCUT2D eigenvalue weighted by Crippen LogP contribution is -2.37. The first-order valence-corrected chi connectivity index (χ1v) is 8.20. The Morgan fingerprint density at radius 1 is 1.33 bits per heavy atom. The lowest BCUT2D eigenvalue weighted by Gasteiger charge is -2.27. The van der Waals surface area contributed by atoms with E-state index in [0.717, 1.165) is 13.1 Å². The number of hydrogen-bond acceptors (Lipinski definition) is 3. The second kappa shape index (κ2) is 7.39. The van der Waals surface area contributed by atoms with E-state index in [2.05, 4.69) is 68.2 Å². The molecule has 1 aliphatic rings. The van der Waals surface area contributed by atoms with Crippen molar-refractivity contribution in [3.8, 4) is 0 Å². The maximum Gasteiger partial charge on any atom is 0.0451 e. The molecule has 1 fully saturated rings. The quantitative estimate of drug-likeness (QED) is 0.868. The van der Waals surface area contributed by atoms with Crippen molar-refractivity contribution < 1.29 is 0 Å². The lowest BCUT2D eigenvalue weighted by molar-refractivity contribution is 0.251. The van der Waals surface area contributed by atoms with Gasteiger partial charge in [-0.15, -0.1) is 0 Å². The van der Waals surface area contributed by atoms with Gasteiger partial charge in [0.1, 0.15) is 0 Å². The molecule has 21 heavy (non-hydrogen) atoms. The molecule has 0 radical (unpaired) electrons. The van der Waals surface area contributed by atoms with Crippen LogP contribution in [0.5, 0.6) is 0 Å². The van der Waals surface area contributed by atoms with E-state index in [-0.39, 0.29) is 0 Å². The summed E-state index contributed by atoms with van der Waals surface area (Å²) in [5.41, 5.74) is 4.21. The predicted molar refractivity (Wildman–Crippen MR) is 90.9 cm³/mol. The molecule has 0 saturated carbocycles. The molecule has 2 unspecified atom stereocenters. The van der Waals surface area contributed by atoms with Crippen LogP contribution >= 0.6 is 0 Å². The van der Waals surface area contributed by atoms with E-state index < -0.39 is 0 Å². The third kappa shape index (κ3) is 4.29. The monoisotopic (exact) mass is 289 g/mol. The van der Waals surface area contributed by atoms with Gasteiger partial charge in [0.15, 0.2) is 0 Å². The normalized spacial score (nSPS) is 21.1. The number of aryl methyl sites for hydroxylation is 2. The fourth-order valence-corrected chi connectivity index (χ4v) is 3.39. The van der Waals surface area contributed by atoms with Crippen molar-refractivity contribution in [2.24, 2.45) is 0 Å². The van der Waals surface area contributed by atoms with Gasteiger partial charge < -0.3 is 10.2 Å². The molecule has 1 aromatic carbocycles. The third-order valence-corrected chi connectivity index (χ3v) is 4.67. The molecule has 1 aromatic rings. The van der Waals surface area contributed by atoms with Crippen molar-refractivity contribution in [1.29, 1.82) is 0 Å². The standard InChI is InChI=1S/C18H31N3/c1-6-19-18(17-8-7-14(2)11-15(17)3)13-21-10-9-16(12-21)20(4)5/h7-8,11,16,18-19H,6,9-10,12-13H2,1-5H3. The molecule has 3 nitrogen and oxygen atoms in total. The molecule has 0 amide bonds. The molecule has 3 heteroatoms. The summed E-state index contributed by atoms with van der Waals surface area (Å²) in [4.78, 5) is 4.97. The number of likely N-dealkylation sites (tertiary alicyclic amines) is 1. The zero-order valence-electron chi connectivity index (χ0n) is 14.3. The van der Waals surface area contributed by atoms with Crippen molar-refractivity contribution in [2.45, 2.75) is 39.3 Å². The highest BCUT2D eigenvalue weighted by molar-refractivity contribution is 5.33. The highest BCUT2D eigenvalue weighted by Crippen LogP contribution is 2.22. The second-order valence-electron chi connectivity index (χ2n) is 6.64. The van der Waals surface area contributed by atoms with Crippen molar-refractivity contribution >= 4 is 0 Å². The number of nitrogens with zero attached hydrogens (tertiary/aromatic N) is 2. The smallest absolute Gasteiger partial charge is 0.0451 e. The van der Waals surface area contributed by atoms with Crippen molar-refractivity contribution in [1.82, 2.24) is 15.1 Å². The Morgan fingerprint density at radius 3 is 2.67 bits per heavy atom. The highest BCUT2D eigenvalue weighted by atomic mass is 15.2. The Morgan fingerprint density at radius 2 is 2.10 bits per heavy atom. The summed E-state index contributed by atoms with van der Waals surface area (Å²) in [5, 5.41) is 3.67. The molecule has 0 aromatic heterocycles. The molecule has 0 bridgehead atoms. The van der Waals surface area contributed by atoms with Crippen molar-refractivity contribution in [2.75, 3.05) is 40.3 Å². The molecule has 1 N–H and O–H groups in total. The maximum absolute atomic E-state index is 3.67. The summed E-state index contributed by atoms with van der Waals surface area (Å²) in [6, 6.07) is 7.99. The summed E-state index contributed by atoms with van der Waals surface area (Å²) in [7, 11) is 4.39. The summed E-state index contributed by atoms with van der Waals surface area (Å²) in [6.45, 7) is 11.1. The molecule has 1 heterocycles.